The van der Waals surface area contributed by atoms with Crippen LogP contribution < -0.4 is 347 Å². The summed E-state index contributed by atoms with van der Waals surface area (Å²) in [6, 6.07) is 65.3. The van der Waals surface area contributed by atoms with Crippen LogP contribution in [-0.4, -0.2) is 59.7 Å². The Morgan fingerprint density at radius 3 is 0.382 bits per heavy atom. The largest absolute Gasteiger partial charge is 1.00 e. The number of rotatable bonds is 25. The zero-order chi connectivity index (χ0) is 72.7. The average molecular weight is 1570 g/mol. The van der Waals surface area contributed by atoms with Gasteiger partial charge in [0.15, 0.2) is 0 Å². The van der Waals surface area contributed by atoms with E-state index in [0.717, 1.165) is 27.8 Å². The second kappa shape index (κ2) is 62.2. The molecule has 110 heavy (non-hydrogen) atoms. The summed E-state index contributed by atoms with van der Waals surface area (Å²) in [5.74, 6) is -12.0. The summed E-state index contributed by atoms with van der Waals surface area (Å²) in [6.45, 7) is 0. The molecule has 0 atom stereocenters. The third-order valence-corrected chi connectivity index (χ3v) is 15.5. The van der Waals surface area contributed by atoms with Gasteiger partial charge in [0.2, 0.25) is 0 Å². The summed E-state index contributed by atoms with van der Waals surface area (Å²) < 4.78 is 0. The first-order valence-corrected chi connectivity index (χ1v) is 30.9. The quantitative estimate of drug-likeness (QED) is 0.0480. The van der Waals surface area contributed by atoms with Crippen molar-refractivity contribution in [1.82, 2.24) is 0 Å². The molecule has 10 aromatic rings. The SMILES string of the molecule is O=C([O-])c1ccc(CCc2ccccc2C(=O)[O-])cc1.O=C([O-])c1ccc(CCc2ccccc2C(=O)[O-])cc1.O=C([O-])c1ccc(CCc2ccccc2C(=O)[O-])cc1.O=C([O-])c1ccc(CCc2ccccc2C(=O)[O-])cc1.O=C([O-])c1ccc(CCc2ccccc2C(=O)[O-])cc1.[Na+].[Na+].[Na+].[Na+].[Na+].[Na+].[Na+].[Na+].[Na+].[Na+]. The van der Waals surface area contributed by atoms with Crippen LogP contribution in [0.5, 0.6) is 0 Å². The Bertz CT molecular complexity index is 3860. The minimum Gasteiger partial charge on any atom is -0.545 e. The third kappa shape index (κ3) is 40.7. The fraction of sp³-hybridized carbons (Fsp3) is 0.125. The van der Waals surface area contributed by atoms with Crippen molar-refractivity contribution < 1.29 is 395 Å². The molecule has 0 saturated heterocycles. The summed E-state index contributed by atoms with van der Waals surface area (Å²) >= 11 is 0. The van der Waals surface area contributed by atoms with Crippen molar-refractivity contribution in [3.63, 3.8) is 0 Å². The number of aryl methyl sites for hydroxylation is 10. The molecule has 0 radical (unpaired) electrons. The van der Waals surface area contributed by atoms with Gasteiger partial charge in [-0.2, -0.15) is 0 Å². The predicted molar refractivity (Wildman–Crippen MR) is 345 cm³/mol. The van der Waals surface area contributed by atoms with Crippen LogP contribution in [0.25, 0.3) is 0 Å². The monoisotopic (exact) mass is 1570 g/mol. The van der Waals surface area contributed by atoms with Gasteiger partial charge in [0.25, 0.3) is 0 Å². The summed E-state index contributed by atoms with van der Waals surface area (Å²) in [6.07, 6.45) is 5.87. The van der Waals surface area contributed by atoms with Crippen LogP contribution in [0, 0.1) is 0 Å². The molecule has 0 amide bonds. The van der Waals surface area contributed by atoms with Crippen molar-refractivity contribution >= 4 is 59.7 Å². The molecule has 0 aliphatic carbocycles. The topological polar surface area (TPSA) is 401 Å². The Morgan fingerprint density at radius 1 is 0.155 bits per heavy atom. The number of hydrogen-bond donors (Lipinski definition) is 0. The Kier molecular flexibility index (Phi) is 65.3. The number of carboxylic acid groups (broad SMARTS) is 10. The van der Waals surface area contributed by atoms with Crippen LogP contribution in [-0.2, 0) is 64.2 Å². The fourth-order valence-electron chi connectivity index (χ4n) is 10.1. The van der Waals surface area contributed by atoms with Crippen LogP contribution in [0.3, 0.4) is 0 Å². The van der Waals surface area contributed by atoms with Crippen LogP contribution in [0.2, 0.25) is 0 Å². The Hall–Kier alpha value is -3.10. The van der Waals surface area contributed by atoms with E-state index in [4.69, 9.17) is 0 Å². The number of carboxylic acids is 10. The number of carbonyl (C=O) groups excluding carboxylic acids is 10. The average Bonchev–Trinajstić information content (AvgIpc) is 0.873. The number of hydrogen-bond acceptors (Lipinski definition) is 20. The summed E-state index contributed by atoms with van der Waals surface area (Å²) in [7, 11) is 0. The number of benzene rings is 10. The maximum Gasteiger partial charge on any atom is 1.00 e. The normalized spacial score (nSPS) is 9.27. The first-order chi connectivity index (χ1) is 47.9. The van der Waals surface area contributed by atoms with Gasteiger partial charge in [-0.25, -0.2) is 0 Å². The Morgan fingerprint density at radius 2 is 0.273 bits per heavy atom. The summed E-state index contributed by atoms with van der Waals surface area (Å²) in [5, 5.41) is 108. The molecule has 10 rings (SSSR count). The maximum atomic E-state index is 11.0. The van der Waals surface area contributed by atoms with Crippen molar-refractivity contribution in [3.8, 4) is 0 Å². The molecule has 10 aromatic carbocycles. The van der Waals surface area contributed by atoms with Crippen LogP contribution in [0.15, 0.2) is 243 Å². The Labute approximate surface area is 858 Å². The van der Waals surface area contributed by atoms with Crippen molar-refractivity contribution in [2.24, 2.45) is 0 Å². The van der Waals surface area contributed by atoms with Gasteiger partial charge in [-0.1, -0.05) is 243 Å². The minimum atomic E-state index is -1.21. The summed E-state index contributed by atoms with van der Waals surface area (Å²) in [5.41, 5.74) is 9.80. The molecule has 30 heteroatoms. The van der Waals surface area contributed by atoms with Crippen molar-refractivity contribution in [2.75, 3.05) is 0 Å². The van der Waals surface area contributed by atoms with Crippen molar-refractivity contribution in [1.29, 1.82) is 0 Å². The first kappa shape index (κ1) is 115. The molecule has 0 fully saturated rings. The third-order valence-electron chi connectivity index (χ3n) is 15.5. The molecule has 0 aromatic heterocycles. The van der Waals surface area contributed by atoms with Gasteiger partial charge in [-0.15, -0.1) is 0 Å². The predicted octanol–water partition coefficient (Wildman–Crippen LogP) is -29.0. The van der Waals surface area contributed by atoms with E-state index < -0.39 is 59.7 Å². The molecule has 0 spiro atoms. The first-order valence-electron chi connectivity index (χ1n) is 30.9. The van der Waals surface area contributed by atoms with Crippen LogP contribution >= 0.6 is 0 Å². The minimum absolute atomic E-state index is 0. The molecular formula is C80H60Na10O20. The molecular weight excluding hydrogens is 1510 g/mol. The molecule has 0 aliphatic rings. The maximum absolute atomic E-state index is 11.0. The molecule has 0 bridgehead atoms. The van der Waals surface area contributed by atoms with E-state index in [-0.39, 0.29) is 351 Å². The summed E-state index contributed by atoms with van der Waals surface area (Å²) in [4.78, 5) is 108. The molecule has 0 unspecified atom stereocenters. The molecule has 0 heterocycles. The van der Waals surface area contributed by atoms with Crippen molar-refractivity contribution in [3.05, 3.63) is 354 Å². The van der Waals surface area contributed by atoms with E-state index in [1.807, 2.05) is 0 Å². The molecule has 0 saturated carbocycles. The molecule has 0 N–H and O–H groups in total. The van der Waals surface area contributed by atoms with Gasteiger partial charge in [0.1, 0.15) is 0 Å². The zero-order valence-electron chi connectivity index (χ0n) is 63.3. The molecule has 0 aliphatic heterocycles. The zero-order valence-corrected chi connectivity index (χ0v) is 83.3. The Balaban J connectivity index is -0.000000408. The molecule has 510 valence electrons. The van der Waals surface area contributed by atoms with Gasteiger partial charge >= 0.3 is 296 Å². The van der Waals surface area contributed by atoms with E-state index in [1.165, 1.54) is 91.0 Å². The van der Waals surface area contributed by atoms with E-state index >= 15 is 0 Å². The van der Waals surface area contributed by atoms with Gasteiger partial charge < -0.3 is 99.0 Å². The van der Waals surface area contributed by atoms with Gasteiger partial charge in [0.05, 0.1) is 59.7 Å². The van der Waals surface area contributed by atoms with E-state index in [2.05, 4.69) is 0 Å². The van der Waals surface area contributed by atoms with E-state index in [1.54, 1.807) is 152 Å². The smallest absolute Gasteiger partial charge is 0.545 e. The standard InChI is InChI=1S/5C16H14O4.10Na/c5*17-15(18)13-9-6-11(7-10-13)5-8-12-3-1-2-4-14(12)16(19)20;;;;;;;;;;/h5*1-4,6-7,9-10H,5,8H2,(H,17,18)(H,19,20);;;;;;;;;;/q;;;;;10*+1/p-10. The van der Waals surface area contributed by atoms with E-state index in [0.29, 0.717) is 92.0 Å². The second-order valence-corrected chi connectivity index (χ2v) is 22.1. The van der Waals surface area contributed by atoms with Crippen molar-refractivity contribution in [2.45, 2.75) is 64.2 Å². The van der Waals surface area contributed by atoms with Crippen LogP contribution in [0.1, 0.15) is 159 Å². The van der Waals surface area contributed by atoms with E-state index in [9.17, 15) is 99.0 Å². The molecule has 20 nitrogen and oxygen atoms in total. The number of carbonyl (C=O) groups is 10. The second-order valence-electron chi connectivity index (χ2n) is 22.1. The van der Waals surface area contributed by atoms with Crippen LogP contribution in [0.4, 0.5) is 0 Å². The van der Waals surface area contributed by atoms with Gasteiger partial charge in [-0.05, 0) is 148 Å². The fourth-order valence-corrected chi connectivity index (χ4v) is 10.1. The van der Waals surface area contributed by atoms with Gasteiger partial charge in [-0.3, -0.25) is 0 Å². The van der Waals surface area contributed by atoms with Gasteiger partial charge in [0, 0.05) is 27.8 Å². The number of aromatic carboxylic acids is 10.